The van der Waals surface area contributed by atoms with E-state index in [9.17, 15) is 0 Å². The summed E-state index contributed by atoms with van der Waals surface area (Å²) in [4.78, 5) is 15.6. The predicted molar refractivity (Wildman–Crippen MR) is 181 cm³/mol. The molecule has 0 fully saturated rings. The van der Waals surface area contributed by atoms with Gasteiger partial charge in [0.25, 0.3) is 0 Å². The van der Waals surface area contributed by atoms with Gasteiger partial charge in [-0.3, -0.25) is 4.98 Å². The average Bonchev–Trinajstić information content (AvgIpc) is 3.39. The van der Waals surface area contributed by atoms with Crippen LogP contribution in [0.25, 0.3) is 59.3 Å². The maximum Gasteiger partial charge on any atom is 0.160 e. The second-order valence-corrected chi connectivity index (χ2v) is 13.5. The molecule has 0 atom stereocenters. The van der Waals surface area contributed by atoms with Crippen LogP contribution in [0, 0.1) is 6.92 Å². The number of thiophene rings is 1. The van der Waals surface area contributed by atoms with E-state index in [1.165, 1.54) is 49.9 Å². The second-order valence-electron chi connectivity index (χ2n) is 12.4. The number of aryl methyl sites for hydroxylation is 1. The molecule has 0 unspecified atom stereocenters. The van der Waals surface area contributed by atoms with Crippen LogP contribution < -0.4 is 5.32 Å². The molecule has 4 nitrogen and oxygen atoms in total. The second kappa shape index (κ2) is 10.3. The van der Waals surface area contributed by atoms with Gasteiger partial charge in [0, 0.05) is 39.2 Å². The molecule has 0 saturated heterocycles. The highest BCUT2D eigenvalue weighted by atomic mass is 32.1. The summed E-state index contributed by atoms with van der Waals surface area (Å²) in [6.07, 6.45) is 7.08. The Bertz CT molecular complexity index is 2010. The smallest absolute Gasteiger partial charge is 0.160 e. The molecule has 3 aromatic carbocycles. The monoisotopic (exact) mass is 568 g/mol. The molecule has 210 valence electrons. The summed E-state index contributed by atoms with van der Waals surface area (Å²) in [5.41, 5.74) is 11.3. The van der Waals surface area contributed by atoms with Crippen molar-refractivity contribution in [1.82, 2.24) is 15.0 Å². The zero-order chi connectivity index (χ0) is 29.0. The van der Waals surface area contributed by atoms with Crippen LogP contribution in [0.3, 0.4) is 0 Å². The molecule has 0 saturated carbocycles. The molecule has 0 spiro atoms. The number of hydrogen-bond acceptors (Lipinski definition) is 5. The molecule has 6 aromatic rings. The van der Waals surface area contributed by atoms with E-state index in [-0.39, 0.29) is 5.41 Å². The van der Waals surface area contributed by atoms with Crippen molar-refractivity contribution < 1.29 is 0 Å². The average molecular weight is 569 g/mol. The van der Waals surface area contributed by atoms with E-state index < -0.39 is 0 Å². The van der Waals surface area contributed by atoms with Gasteiger partial charge < -0.3 is 5.32 Å². The van der Waals surface area contributed by atoms with E-state index in [0.717, 1.165) is 57.7 Å². The number of benzene rings is 3. The third kappa shape index (κ3) is 4.57. The number of pyridine rings is 1. The van der Waals surface area contributed by atoms with E-state index in [1.54, 1.807) is 0 Å². The van der Waals surface area contributed by atoms with E-state index in [2.05, 4.69) is 106 Å². The Kier molecular flexibility index (Phi) is 6.58. The van der Waals surface area contributed by atoms with Crippen LogP contribution in [-0.4, -0.2) is 22.0 Å². The minimum Gasteiger partial charge on any atom is -0.386 e. The first kappa shape index (κ1) is 26.8. The molecule has 0 amide bonds. The van der Waals surface area contributed by atoms with Crippen LogP contribution >= 0.6 is 11.3 Å². The van der Waals surface area contributed by atoms with Gasteiger partial charge >= 0.3 is 0 Å². The first-order valence-corrected chi connectivity index (χ1v) is 15.8. The fourth-order valence-corrected chi connectivity index (χ4v) is 7.29. The predicted octanol–water partition coefficient (Wildman–Crippen LogP) is 10.3. The van der Waals surface area contributed by atoms with Crippen LogP contribution in [0.15, 0.2) is 72.8 Å². The number of hydrogen-bond donors (Lipinski definition) is 1. The molecule has 0 aliphatic heterocycles. The van der Waals surface area contributed by atoms with E-state index in [4.69, 9.17) is 15.0 Å². The molecule has 1 aliphatic carbocycles. The van der Waals surface area contributed by atoms with Crippen LogP contribution in [-0.2, 0) is 5.41 Å². The van der Waals surface area contributed by atoms with E-state index in [1.807, 2.05) is 18.4 Å². The lowest BCUT2D eigenvalue weighted by molar-refractivity contribution is 0.572. The Morgan fingerprint density at radius 3 is 2.33 bits per heavy atom. The van der Waals surface area contributed by atoms with Crippen LogP contribution in [0.2, 0.25) is 0 Å². The van der Waals surface area contributed by atoms with Gasteiger partial charge in [0.15, 0.2) is 5.82 Å². The molecule has 42 heavy (non-hydrogen) atoms. The molecule has 0 bridgehead atoms. The van der Waals surface area contributed by atoms with Gasteiger partial charge in [-0.15, -0.1) is 11.3 Å². The Labute approximate surface area is 251 Å². The Morgan fingerprint density at radius 1 is 0.810 bits per heavy atom. The minimum atomic E-state index is -0.0750. The number of nitrogens with one attached hydrogen (secondary N) is 1. The summed E-state index contributed by atoms with van der Waals surface area (Å²) in [5.74, 6) is 0.794. The lowest BCUT2D eigenvalue weighted by Gasteiger charge is -2.22. The summed E-state index contributed by atoms with van der Waals surface area (Å²) in [7, 11) is 1.98. The highest BCUT2D eigenvalue weighted by Crippen LogP contribution is 2.41. The van der Waals surface area contributed by atoms with Crippen LogP contribution in [0.1, 0.15) is 63.4 Å². The van der Waals surface area contributed by atoms with E-state index >= 15 is 0 Å². The summed E-state index contributed by atoms with van der Waals surface area (Å²) >= 11 is 1.82. The van der Waals surface area contributed by atoms with Crippen molar-refractivity contribution in [3.8, 4) is 22.5 Å². The number of nitrogens with zero attached hydrogens (tertiary/aromatic N) is 3. The number of allylic oxidation sites excluding steroid dienone is 2. The number of fused-ring (bicyclic) bond motifs is 4. The molecule has 0 radical (unpaired) electrons. The largest absolute Gasteiger partial charge is 0.386 e. The first-order chi connectivity index (χ1) is 20.3. The van der Waals surface area contributed by atoms with Crippen molar-refractivity contribution in [1.29, 1.82) is 0 Å². The van der Waals surface area contributed by atoms with Gasteiger partial charge in [-0.1, -0.05) is 81.4 Å². The van der Waals surface area contributed by atoms with Crippen LogP contribution in [0.5, 0.6) is 0 Å². The standard InChI is InChI=1S/C37H36N4S/c1-22-15-20-26-28(21-30(37(2,3)4)39-33(26)31(22)38-5)23-16-18-25(19-17-23)36-40-32(24-11-7-6-8-12-24)35-34(41-36)27-13-9-10-14-29(27)42-35/h9-11,13-21,38H,6-8,12H2,1-5H3. The first-order valence-electron chi connectivity index (χ1n) is 14.9. The van der Waals surface area contributed by atoms with Crippen molar-refractivity contribution in [2.45, 2.75) is 58.8 Å². The van der Waals surface area contributed by atoms with Crippen molar-refractivity contribution in [3.63, 3.8) is 0 Å². The highest BCUT2D eigenvalue weighted by Gasteiger charge is 2.22. The fourth-order valence-electron chi connectivity index (χ4n) is 6.12. The summed E-state index contributed by atoms with van der Waals surface area (Å²) < 4.78 is 2.47. The van der Waals surface area contributed by atoms with Gasteiger partial charge in [-0.2, -0.15) is 0 Å². The van der Waals surface area contributed by atoms with Gasteiger partial charge in [0.2, 0.25) is 0 Å². The van der Waals surface area contributed by atoms with Crippen molar-refractivity contribution >= 4 is 53.8 Å². The van der Waals surface area contributed by atoms with Gasteiger partial charge in [-0.05, 0) is 67.0 Å². The topological polar surface area (TPSA) is 50.7 Å². The molecular weight excluding hydrogens is 533 g/mol. The third-order valence-electron chi connectivity index (χ3n) is 8.48. The Morgan fingerprint density at radius 2 is 1.60 bits per heavy atom. The zero-order valence-electron chi connectivity index (χ0n) is 25.0. The molecule has 5 heteroatoms. The van der Waals surface area contributed by atoms with Gasteiger partial charge in [0.1, 0.15) is 0 Å². The lowest BCUT2D eigenvalue weighted by atomic mass is 9.88. The third-order valence-corrected chi connectivity index (χ3v) is 9.64. The normalized spacial score (nSPS) is 14.1. The van der Waals surface area contributed by atoms with E-state index in [0.29, 0.717) is 0 Å². The highest BCUT2D eigenvalue weighted by molar-refractivity contribution is 7.26. The lowest BCUT2D eigenvalue weighted by Crippen LogP contribution is -2.14. The maximum atomic E-state index is 5.23. The van der Waals surface area contributed by atoms with Gasteiger partial charge in [-0.25, -0.2) is 9.97 Å². The molecule has 3 aromatic heterocycles. The zero-order valence-corrected chi connectivity index (χ0v) is 25.8. The van der Waals surface area contributed by atoms with Crippen LogP contribution in [0.4, 0.5) is 5.69 Å². The molecule has 1 aliphatic rings. The molecule has 3 heterocycles. The van der Waals surface area contributed by atoms with Crippen molar-refractivity contribution in [2.24, 2.45) is 0 Å². The molecule has 7 rings (SSSR count). The number of rotatable bonds is 4. The number of anilines is 1. The summed E-state index contributed by atoms with van der Waals surface area (Å²) in [5, 5.41) is 5.77. The molecule has 1 N–H and O–H groups in total. The quantitative estimate of drug-likeness (QED) is 0.230. The number of aromatic nitrogens is 3. The summed E-state index contributed by atoms with van der Waals surface area (Å²) in [6.45, 7) is 8.81. The maximum absolute atomic E-state index is 5.23. The molecular formula is C37H36N4S. The Balaban J connectivity index is 1.39. The minimum absolute atomic E-state index is 0.0750. The fraction of sp³-hybridized carbons (Fsp3) is 0.270. The van der Waals surface area contributed by atoms with Crippen molar-refractivity contribution in [3.05, 3.63) is 89.8 Å². The van der Waals surface area contributed by atoms with Crippen molar-refractivity contribution in [2.75, 3.05) is 12.4 Å². The van der Waals surface area contributed by atoms with Gasteiger partial charge in [0.05, 0.1) is 27.1 Å². The summed E-state index contributed by atoms with van der Waals surface area (Å²) in [6, 6.07) is 24.0. The Hall–Kier alpha value is -4.09. The SMILES string of the molecule is CNc1c(C)ccc2c(-c3ccc(-c4nc(C5=CCCCC5)c5sc6ccccc6c5n4)cc3)cc(C(C)(C)C)nc12.